The maximum absolute atomic E-state index is 12.1. The third kappa shape index (κ3) is 2.18. The van der Waals surface area contributed by atoms with Crippen LogP contribution in [0.4, 0.5) is 0 Å². The van der Waals surface area contributed by atoms with Gasteiger partial charge in [-0.25, -0.2) is 8.42 Å². The van der Waals surface area contributed by atoms with Crippen molar-refractivity contribution in [3.8, 4) is 0 Å². The van der Waals surface area contributed by atoms with Gasteiger partial charge in [0.2, 0.25) is 10.0 Å². The lowest BCUT2D eigenvalue weighted by Gasteiger charge is -2.25. The first kappa shape index (κ1) is 10.6. The highest BCUT2D eigenvalue weighted by molar-refractivity contribution is 7.89. The van der Waals surface area contributed by atoms with Crippen molar-refractivity contribution in [3.63, 3.8) is 0 Å². The molecule has 0 unspecified atom stereocenters. The Hall–Kier alpha value is -0.940. The minimum Gasteiger partial charge on any atom is -0.263 e. The monoisotopic (exact) mass is 226 g/mol. The van der Waals surface area contributed by atoms with Crippen LogP contribution >= 0.6 is 0 Å². The summed E-state index contributed by atoms with van der Waals surface area (Å²) in [6.45, 7) is 1.27. The van der Waals surface area contributed by atoms with Gasteiger partial charge in [0, 0.05) is 25.5 Å². The number of sulfonamides is 1. The summed E-state index contributed by atoms with van der Waals surface area (Å²) >= 11 is 0. The lowest BCUT2D eigenvalue weighted by molar-refractivity contribution is 0.346. The summed E-state index contributed by atoms with van der Waals surface area (Å²) < 4.78 is 25.7. The van der Waals surface area contributed by atoms with Gasteiger partial charge in [-0.15, -0.1) is 0 Å². The van der Waals surface area contributed by atoms with Crippen LogP contribution in [-0.4, -0.2) is 30.8 Å². The van der Waals surface area contributed by atoms with Crippen molar-refractivity contribution in [1.82, 2.24) is 9.29 Å². The molecule has 5 heteroatoms. The molecule has 1 saturated heterocycles. The molecule has 1 aromatic heterocycles. The summed E-state index contributed by atoms with van der Waals surface area (Å²) in [4.78, 5) is 4.14. The van der Waals surface area contributed by atoms with E-state index in [9.17, 15) is 8.42 Å². The summed E-state index contributed by atoms with van der Waals surface area (Å²) in [5.41, 5.74) is 0. The number of aromatic nitrogens is 1. The first-order valence-corrected chi connectivity index (χ1v) is 6.55. The van der Waals surface area contributed by atoms with Gasteiger partial charge < -0.3 is 0 Å². The quantitative estimate of drug-likeness (QED) is 0.762. The van der Waals surface area contributed by atoms with Crippen molar-refractivity contribution in [1.29, 1.82) is 0 Å². The summed E-state index contributed by atoms with van der Waals surface area (Å²) in [5.74, 6) is 0. The predicted molar refractivity (Wildman–Crippen MR) is 56.8 cm³/mol. The predicted octanol–water partition coefficient (Wildman–Crippen LogP) is 1.26. The normalized spacial score (nSPS) is 18.9. The Kier molecular flexibility index (Phi) is 3.02. The second-order valence-electron chi connectivity index (χ2n) is 3.65. The Morgan fingerprint density at radius 3 is 2.53 bits per heavy atom. The first-order chi connectivity index (χ1) is 7.21. The molecular formula is C10H14N2O2S. The van der Waals surface area contributed by atoms with E-state index < -0.39 is 10.0 Å². The minimum absolute atomic E-state index is 0.298. The average Bonchev–Trinajstić information content (AvgIpc) is 2.31. The Bertz CT molecular complexity index is 410. The van der Waals surface area contributed by atoms with E-state index in [2.05, 4.69) is 4.98 Å². The number of hydrogen-bond acceptors (Lipinski definition) is 3. The number of pyridine rings is 1. The van der Waals surface area contributed by atoms with Crippen molar-refractivity contribution in [2.24, 2.45) is 0 Å². The summed E-state index contributed by atoms with van der Waals surface area (Å²) in [5, 5.41) is 0. The number of nitrogens with zero attached hydrogens (tertiary/aromatic N) is 2. The molecule has 0 radical (unpaired) electrons. The lowest BCUT2D eigenvalue weighted by Crippen LogP contribution is -2.35. The molecule has 1 aliphatic heterocycles. The second kappa shape index (κ2) is 4.28. The van der Waals surface area contributed by atoms with Gasteiger partial charge in [-0.1, -0.05) is 6.42 Å². The van der Waals surface area contributed by atoms with Crippen molar-refractivity contribution >= 4 is 10.0 Å². The Labute approximate surface area is 90.0 Å². The molecule has 82 valence electrons. The van der Waals surface area contributed by atoms with Crippen LogP contribution in [0.1, 0.15) is 19.3 Å². The van der Waals surface area contributed by atoms with Crippen LogP contribution in [0.5, 0.6) is 0 Å². The highest BCUT2D eigenvalue weighted by Gasteiger charge is 2.25. The highest BCUT2D eigenvalue weighted by atomic mass is 32.2. The van der Waals surface area contributed by atoms with Crippen LogP contribution in [-0.2, 0) is 10.0 Å². The van der Waals surface area contributed by atoms with Crippen molar-refractivity contribution in [3.05, 3.63) is 24.5 Å². The molecule has 0 saturated carbocycles. The zero-order chi connectivity index (χ0) is 10.7. The largest absolute Gasteiger partial charge is 0.263 e. The van der Waals surface area contributed by atoms with E-state index in [1.54, 1.807) is 22.6 Å². The van der Waals surface area contributed by atoms with Gasteiger partial charge >= 0.3 is 0 Å². The standard InChI is InChI=1S/C10H14N2O2S/c13-15(14,10-5-4-6-11-9-10)12-7-2-1-3-8-12/h4-6,9H,1-3,7-8H2. The van der Waals surface area contributed by atoms with E-state index in [1.807, 2.05) is 0 Å². The third-order valence-corrected chi connectivity index (χ3v) is 4.47. The van der Waals surface area contributed by atoms with Crippen LogP contribution in [0.15, 0.2) is 29.4 Å². The van der Waals surface area contributed by atoms with Crippen molar-refractivity contribution in [2.75, 3.05) is 13.1 Å². The van der Waals surface area contributed by atoms with E-state index in [1.165, 1.54) is 6.20 Å². The van der Waals surface area contributed by atoms with Gasteiger partial charge in [0.1, 0.15) is 4.90 Å². The number of hydrogen-bond donors (Lipinski definition) is 0. The molecule has 1 aromatic rings. The fourth-order valence-electron chi connectivity index (χ4n) is 1.75. The van der Waals surface area contributed by atoms with Crippen molar-refractivity contribution in [2.45, 2.75) is 24.2 Å². The molecule has 0 amide bonds. The average molecular weight is 226 g/mol. The molecule has 0 atom stereocenters. The molecular weight excluding hydrogens is 212 g/mol. The Balaban J connectivity index is 2.26. The highest BCUT2D eigenvalue weighted by Crippen LogP contribution is 2.19. The SMILES string of the molecule is O=S(=O)(c1cccnc1)N1CCCCC1. The molecule has 1 aliphatic rings. The second-order valence-corrected chi connectivity index (χ2v) is 5.59. The molecule has 4 nitrogen and oxygen atoms in total. The smallest absolute Gasteiger partial charge is 0.244 e. The van der Waals surface area contributed by atoms with E-state index in [4.69, 9.17) is 0 Å². The lowest BCUT2D eigenvalue weighted by atomic mass is 10.2. The van der Waals surface area contributed by atoms with Crippen LogP contribution in [0.25, 0.3) is 0 Å². The molecule has 2 rings (SSSR count). The zero-order valence-electron chi connectivity index (χ0n) is 8.46. The van der Waals surface area contributed by atoms with E-state index in [-0.39, 0.29) is 0 Å². The van der Waals surface area contributed by atoms with Gasteiger partial charge in [-0.3, -0.25) is 4.98 Å². The molecule has 0 bridgehead atoms. The van der Waals surface area contributed by atoms with Gasteiger partial charge in [0.25, 0.3) is 0 Å². The fourth-order valence-corrected chi connectivity index (χ4v) is 3.24. The van der Waals surface area contributed by atoms with E-state index in [0.29, 0.717) is 18.0 Å². The van der Waals surface area contributed by atoms with E-state index in [0.717, 1.165) is 19.3 Å². The van der Waals surface area contributed by atoms with Gasteiger partial charge in [0.05, 0.1) is 0 Å². The first-order valence-electron chi connectivity index (χ1n) is 5.11. The minimum atomic E-state index is -3.29. The summed E-state index contributed by atoms with van der Waals surface area (Å²) in [6, 6.07) is 3.24. The van der Waals surface area contributed by atoms with Gasteiger partial charge in [0.15, 0.2) is 0 Å². The van der Waals surface area contributed by atoms with Crippen molar-refractivity contribution < 1.29 is 8.42 Å². The molecule has 0 aliphatic carbocycles. The molecule has 0 aromatic carbocycles. The number of piperidine rings is 1. The maximum Gasteiger partial charge on any atom is 0.244 e. The van der Waals surface area contributed by atoms with Crippen LogP contribution in [0.2, 0.25) is 0 Å². The van der Waals surface area contributed by atoms with Crippen LogP contribution < -0.4 is 0 Å². The zero-order valence-corrected chi connectivity index (χ0v) is 9.28. The fraction of sp³-hybridized carbons (Fsp3) is 0.500. The molecule has 0 N–H and O–H groups in total. The summed E-state index contributed by atoms with van der Waals surface area (Å²) in [6.07, 6.45) is 6.03. The van der Waals surface area contributed by atoms with E-state index >= 15 is 0 Å². The molecule has 0 spiro atoms. The topological polar surface area (TPSA) is 50.3 Å². The number of rotatable bonds is 2. The molecule has 2 heterocycles. The molecule has 15 heavy (non-hydrogen) atoms. The summed E-state index contributed by atoms with van der Waals surface area (Å²) in [7, 11) is -3.29. The maximum atomic E-state index is 12.1. The van der Waals surface area contributed by atoms with Gasteiger partial charge in [-0.2, -0.15) is 4.31 Å². The molecule has 1 fully saturated rings. The van der Waals surface area contributed by atoms with Gasteiger partial charge in [-0.05, 0) is 25.0 Å². The Morgan fingerprint density at radius 2 is 1.93 bits per heavy atom. The Morgan fingerprint density at radius 1 is 1.20 bits per heavy atom. The van der Waals surface area contributed by atoms with Crippen LogP contribution in [0.3, 0.4) is 0 Å². The van der Waals surface area contributed by atoms with Crippen LogP contribution in [0, 0.1) is 0 Å². The third-order valence-electron chi connectivity index (χ3n) is 2.59.